The van der Waals surface area contributed by atoms with Crippen LogP contribution in [-0.2, 0) is 4.79 Å². The average molecular weight is 291 g/mol. The summed E-state index contributed by atoms with van der Waals surface area (Å²) in [4.78, 5) is 34.2. The van der Waals surface area contributed by atoms with Gasteiger partial charge in [-0.25, -0.2) is 4.79 Å². The molecule has 2 rings (SSSR count). The second-order valence-corrected chi connectivity index (χ2v) is 4.99. The van der Waals surface area contributed by atoms with Gasteiger partial charge in [0.05, 0.1) is 0 Å². The van der Waals surface area contributed by atoms with E-state index in [1.165, 1.54) is 13.0 Å². The highest BCUT2D eigenvalue weighted by Crippen LogP contribution is 2.19. The minimum atomic E-state index is -1.11. The number of anilines is 1. The molecule has 1 aliphatic rings. The Hall–Kier alpha value is -2.57. The second kappa shape index (κ2) is 6.25. The first-order valence-electron chi connectivity index (χ1n) is 6.67. The van der Waals surface area contributed by atoms with Gasteiger partial charge in [0.15, 0.2) is 0 Å². The third-order valence-corrected chi connectivity index (χ3v) is 3.01. The Morgan fingerprint density at radius 2 is 2.00 bits per heavy atom. The molecule has 0 aliphatic heterocycles. The normalized spacial score (nSPS) is 14.9. The van der Waals surface area contributed by atoms with Gasteiger partial charge in [-0.2, -0.15) is 0 Å². The van der Waals surface area contributed by atoms with Crippen LogP contribution in [0.5, 0.6) is 0 Å². The molecule has 1 atom stereocenters. The summed E-state index contributed by atoms with van der Waals surface area (Å²) in [7, 11) is 0. The summed E-state index contributed by atoms with van der Waals surface area (Å²) in [6.07, 6.45) is 1.98. The third-order valence-electron chi connectivity index (χ3n) is 3.01. The fourth-order valence-electron chi connectivity index (χ4n) is 1.66. The maximum atomic E-state index is 11.9. The highest BCUT2D eigenvalue weighted by Gasteiger charge is 2.23. The largest absolute Gasteiger partial charge is 0.480 e. The molecule has 112 valence electrons. The number of carbonyl (C=O) groups excluding carboxylic acids is 2. The number of benzene rings is 1. The molecule has 1 saturated carbocycles. The van der Waals surface area contributed by atoms with Crippen molar-refractivity contribution in [2.45, 2.75) is 31.8 Å². The molecule has 1 aromatic rings. The van der Waals surface area contributed by atoms with Crippen LogP contribution in [0.15, 0.2) is 24.3 Å². The zero-order chi connectivity index (χ0) is 15.4. The number of carboxylic acids is 1. The molecule has 7 nitrogen and oxygen atoms in total. The lowest BCUT2D eigenvalue weighted by Gasteiger charge is -2.11. The van der Waals surface area contributed by atoms with E-state index in [1.54, 1.807) is 18.2 Å². The maximum Gasteiger partial charge on any atom is 0.325 e. The maximum absolute atomic E-state index is 11.9. The summed E-state index contributed by atoms with van der Waals surface area (Å²) in [5.74, 6) is -1.61. The number of urea groups is 1. The molecule has 7 heteroatoms. The first kappa shape index (κ1) is 14.8. The number of hydrogen-bond donors (Lipinski definition) is 4. The van der Waals surface area contributed by atoms with Crippen molar-refractivity contribution in [1.29, 1.82) is 0 Å². The number of nitrogens with one attached hydrogen (secondary N) is 3. The Morgan fingerprint density at radius 3 is 2.62 bits per heavy atom. The van der Waals surface area contributed by atoms with Crippen LogP contribution in [0.25, 0.3) is 0 Å². The van der Waals surface area contributed by atoms with Crippen LogP contribution in [0, 0.1) is 0 Å². The van der Waals surface area contributed by atoms with E-state index in [4.69, 9.17) is 5.11 Å². The van der Waals surface area contributed by atoms with E-state index in [2.05, 4.69) is 16.0 Å². The summed E-state index contributed by atoms with van der Waals surface area (Å²) in [6.45, 7) is 1.38. The molecule has 1 aromatic carbocycles. The van der Waals surface area contributed by atoms with Crippen molar-refractivity contribution in [3.8, 4) is 0 Å². The van der Waals surface area contributed by atoms with Gasteiger partial charge in [-0.15, -0.1) is 0 Å². The van der Waals surface area contributed by atoms with Gasteiger partial charge in [-0.3, -0.25) is 9.59 Å². The summed E-state index contributed by atoms with van der Waals surface area (Å²) in [5.41, 5.74) is 0.760. The van der Waals surface area contributed by atoms with E-state index in [0.717, 1.165) is 12.8 Å². The van der Waals surface area contributed by atoms with Crippen LogP contribution < -0.4 is 16.0 Å². The van der Waals surface area contributed by atoms with Crippen molar-refractivity contribution in [3.05, 3.63) is 29.8 Å². The average Bonchev–Trinajstić information content (AvgIpc) is 3.22. The summed E-state index contributed by atoms with van der Waals surface area (Å²) < 4.78 is 0. The fourth-order valence-corrected chi connectivity index (χ4v) is 1.66. The zero-order valence-corrected chi connectivity index (χ0v) is 11.6. The lowest BCUT2D eigenvalue weighted by Crippen LogP contribution is -2.38. The van der Waals surface area contributed by atoms with Gasteiger partial charge in [0.1, 0.15) is 6.04 Å². The summed E-state index contributed by atoms with van der Waals surface area (Å²) in [5, 5.41) is 16.5. The predicted molar refractivity (Wildman–Crippen MR) is 76.2 cm³/mol. The lowest BCUT2D eigenvalue weighted by molar-refractivity contribution is -0.138. The Morgan fingerprint density at radius 1 is 1.29 bits per heavy atom. The van der Waals surface area contributed by atoms with Crippen LogP contribution in [-0.4, -0.2) is 35.1 Å². The monoisotopic (exact) mass is 291 g/mol. The molecule has 1 aliphatic carbocycles. The number of rotatable bonds is 5. The minimum Gasteiger partial charge on any atom is -0.480 e. The van der Waals surface area contributed by atoms with Crippen molar-refractivity contribution in [2.75, 3.05) is 5.32 Å². The predicted octanol–water partition coefficient (Wildman–Crippen LogP) is 1.17. The zero-order valence-electron chi connectivity index (χ0n) is 11.6. The van der Waals surface area contributed by atoms with Crippen LogP contribution in [0.3, 0.4) is 0 Å². The number of carboxylic acid groups (broad SMARTS) is 1. The molecular weight excluding hydrogens is 274 g/mol. The first-order valence-corrected chi connectivity index (χ1v) is 6.67. The fraction of sp³-hybridized carbons (Fsp3) is 0.357. The van der Waals surface area contributed by atoms with Crippen molar-refractivity contribution in [2.24, 2.45) is 0 Å². The van der Waals surface area contributed by atoms with Gasteiger partial charge in [-0.1, -0.05) is 6.07 Å². The molecule has 3 amide bonds. The number of aliphatic carboxylic acids is 1. The Balaban J connectivity index is 1.97. The van der Waals surface area contributed by atoms with E-state index < -0.39 is 17.9 Å². The number of amides is 3. The standard InChI is InChI=1S/C14H17N3O4/c1-8(13(19)20)15-12(18)9-3-2-4-11(7-9)17-14(21)16-10-5-6-10/h2-4,7-8,10H,5-6H2,1H3,(H,15,18)(H,19,20)(H2,16,17,21). The smallest absolute Gasteiger partial charge is 0.325 e. The van der Waals surface area contributed by atoms with Crippen molar-refractivity contribution >= 4 is 23.6 Å². The van der Waals surface area contributed by atoms with E-state index in [9.17, 15) is 14.4 Å². The molecule has 21 heavy (non-hydrogen) atoms. The highest BCUT2D eigenvalue weighted by molar-refractivity contribution is 5.98. The van der Waals surface area contributed by atoms with Crippen LogP contribution >= 0.6 is 0 Å². The van der Waals surface area contributed by atoms with Crippen molar-refractivity contribution < 1.29 is 19.5 Å². The molecule has 0 spiro atoms. The van der Waals surface area contributed by atoms with E-state index >= 15 is 0 Å². The van der Waals surface area contributed by atoms with Crippen LogP contribution in [0.1, 0.15) is 30.1 Å². The van der Waals surface area contributed by atoms with Gasteiger partial charge in [0, 0.05) is 17.3 Å². The minimum absolute atomic E-state index is 0.243. The molecule has 0 radical (unpaired) electrons. The van der Waals surface area contributed by atoms with E-state index in [0.29, 0.717) is 5.69 Å². The third kappa shape index (κ3) is 4.48. The molecule has 1 unspecified atom stereocenters. The lowest BCUT2D eigenvalue weighted by atomic mass is 10.1. The van der Waals surface area contributed by atoms with Crippen molar-refractivity contribution in [1.82, 2.24) is 10.6 Å². The van der Waals surface area contributed by atoms with Crippen molar-refractivity contribution in [3.63, 3.8) is 0 Å². The molecule has 0 bridgehead atoms. The van der Waals surface area contributed by atoms with Crippen LogP contribution in [0.4, 0.5) is 10.5 Å². The summed E-state index contributed by atoms with van der Waals surface area (Å²) >= 11 is 0. The SMILES string of the molecule is CC(NC(=O)c1cccc(NC(=O)NC2CC2)c1)C(=O)O. The van der Waals surface area contributed by atoms with E-state index in [1.807, 2.05) is 0 Å². The van der Waals surface area contributed by atoms with Gasteiger partial charge in [-0.05, 0) is 38.0 Å². The van der Waals surface area contributed by atoms with E-state index in [-0.39, 0.29) is 17.6 Å². The second-order valence-electron chi connectivity index (χ2n) is 4.99. The molecule has 0 aromatic heterocycles. The molecule has 1 fully saturated rings. The Kier molecular flexibility index (Phi) is 4.42. The van der Waals surface area contributed by atoms with Gasteiger partial charge in [0.25, 0.3) is 5.91 Å². The summed E-state index contributed by atoms with van der Waals surface area (Å²) in [6, 6.07) is 5.27. The quantitative estimate of drug-likeness (QED) is 0.653. The number of carbonyl (C=O) groups is 3. The number of hydrogen-bond acceptors (Lipinski definition) is 3. The van der Waals surface area contributed by atoms with Gasteiger partial charge < -0.3 is 21.1 Å². The Bertz CT molecular complexity index is 569. The molecular formula is C14H17N3O4. The van der Waals surface area contributed by atoms with Gasteiger partial charge in [0.2, 0.25) is 0 Å². The van der Waals surface area contributed by atoms with Crippen LogP contribution in [0.2, 0.25) is 0 Å². The molecule has 0 heterocycles. The van der Waals surface area contributed by atoms with Gasteiger partial charge >= 0.3 is 12.0 Å². The molecule has 4 N–H and O–H groups in total. The highest BCUT2D eigenvalue weighted by atomic mass is 16.4. The topological polar surface area (TPSA) is 108 Å². The molecule has 0 saturated heterocycles. The first-order chi connectivity index (χ1) is 9.95. The Labute approximate surface area is 121 Å².